The molecule has 1 aromatic heterocycles. The molecule has 0 radical (unpaired) electrons. The molecule has 0 saturated heterocycles. The molecule has 0 saturated carbocycles. The number of esters is 1. The summed E-state index contributed by atoms with van der Waals surface area (Å²) >= 11 is 18.9. The molecular weight excluding hydrogens is 625 g/mol. The molecule has 3 atom stereocenters. The zero-order valence-corrected chi connectivity index (χ0v) is 27.2. The predicted octanol–water partition coefficient (Wildman–Crippen LogP) is 7.26. The lowest BCUT2D eigenvalue weighted by Gasteiger charge is -2.31. The zero-order valence-electron chi connectivity index (χ0n) is 24.9. The number of amides is 2. The Hall–Kier alpha value is -3.40. The van der Waals surface area contributed by atoms with Crippen molar-refractivity contribution in [2.75, 3.05) is 11.6 Å². The van der Waals surface area contributed by atoms with Crippen LogP contribution in [0.1, 0.15) is 64.5 Å². The number of unbranched alkanes of at least 4 members (excludes halogenated alkanes) is 1. The minimum absolute atomic E-state index is 0.0526. The molecule has 0 aliphatic carbocycles. The lowest BCUT2D eigenvalue weighted by atomic mass is 9.76. The fraction of sp³-hybridized carbons (Fsp3) is 0.406. The number of aromatic nitrogens is 2. The van der Waals surface area contributed by atoms with Gasteiger partial charge in [0.25, 0.3) is 5.91 Å². The minimum atomic E-state index is -1.08. The van der Waals surface area contributed by atoms with Crippen LogP contribution >= 0.6 is 34.8 Å². The number of amidine groups is 1. The van der Waals surface area contributed by atoms with Gasteiger partial charge in [0, 0.05) is 22.8 Å². The first-order valence-electron chi connectivity index (χ1n) is 14.7. The summed E-state index contributed by atoms with van der Waals surface area (Å²) in [4.78, 5) is 41.0. The Balaban J connectivity index is 1.61. The molecule has 44 heavy (non-hydrogen) atoms. The maximum absolute atomic E-state index is 14.0. The van der Waals surface area contributed by atoms with Crippen molar-refractivity contribution in [3.63, 3.8) is 0 Å². The number of benzene rings is 2. The van der Waals surface area contributed by atoms with Gasteiger partial charge in [0.1, 0.15) is 5.69 Å². The van der Waals surface area contributed by atoms with Crippen molar-refractivity contribution in [3.05, 3.63) is 81.6 Å². The van der Waals surface area contributed by atoms with Gasteiger partial charge in [-0.1, -0.05) is 92.3 Å². The molecule has 1 aliphatic rings. The van der Waals surface area contributed by atoms with Crippen LogP contribution in [0.3, 0.4) is 0 Å². The number of hydrazone groups is 1. The smallest absolute Gasteiger partial charge is 0.308 e. The van der Waals surface area contributed by atoms with Gasteiger partial charge in [-0.3, -0.25) is 19.1 Å². The second-order valence-electron chi connectivity index (χ2n) is 11.1. The van der Waals surface area contributed by atoms with Gasteiger partial charge in [-0.15, -0.1) is 5.10 Å². The molecule has 2 aromatic carbocycles. The van der Waals surface area contributed by atoms with Crippen molar-refractivity contribution < 1.29 is 19.1 Å². The number of nitrogens with one attached hydrogen (secondary N) is 1. The van der Waals surface area contributed by atoms with Gasteiger partial charge < -0.3 is 10.1 Å². The van der Waals surface area contributed by atoms with E-state index in [9.17, 15) is 14.4 Å². The van der Waals surface area contributed by atoms with Crippen molar-refractivity contribution in [1.82, 2.24) is 15.1 Å². The topological polar surface area (TPSA) is 106 Å². The fourth-order valence-corrected chi connectivity index (χ4v) is 6.02. The maximum atomic E-state index is 14.0. The Morgan fingerprint density at radius 1 is 1.09 bits per heavy atom. The van der Waals surface area contributed by atoms with Gasteiger partial charge in [-0.05, 0) is 55.9 Å². The van der Waals surface area contributed by atoms with Crippen molar-refractivity contribution >= 4 is 64.1 Å². The van der Waals surface area contributed by atoms with Crippen LogP contribution in [0.25, 0.3) is 0 Å². The van der Waals surface area contributed by atoms with E-state index in [1.54, 1.807) is 12.3 Å². The average molecular weight is 661 g/mol. The highest BCUT2D eigenvalue weighted by atomic mass is 35.5. The third kappa shape index (κ3) is 7.81. The summed E-state index contributed by atoms with van der Waals surface area (Å²) < 4.78 is 7.02. The molecule has 234 valence electrons. The normalized spacial score (nSPS) is 16.8. The first kappa shape index (κ1) is 33.5. The monoisotopic (exact) mass is 659 g/mol. The number of hydrogen-bond donors (Lipinski definition) is 1. The Labute approximate surface area is 272 Å². The Kier molecular flexibility index (Phi) is 11.5. The van der Waals surface area contributed by atoms with Crippen LogP contribution in [-0.4, -0.2) is 40.0 Å². The molecule has 4 rings (SSSR count). The summed E-state index contributed by atoms with van der Waals surface area (Å²) in [6, 6.07) is 13.4. The molecule has 3 aromatic rings. The molecule has 2 heterocycles. The summed E-state index contributed by atoms with van der Waals surface area (Å²) in [6.07, 6.45) is 6.65. The first-order valence-corrected chi connectivity index (χ1v) is 15.8. The van der Waals surface area contributed by atoms with Gasteiger partial charge in [-0.2, -0.15) is 10.1 Å². The molecule has 1 aliphatic heterocycles. The van der Waals surface area contributed by atoms with Crippen molar-refractivity contribution in [2.24, 2.45) is 16.4 Å². The van der Waals surface area contributed by atoms with E-state index >= 15 is 0 Å². The van der Waals surface area contributed by atoms with Crippen LogP contribution in [0.4, 0.5) is 5.69 Å². The van der Waals surface area contributed by atoms with E-state index in [0.717, 1.165) is 23.4 Å². The number of carbonyl (C=O) groups excluding carboxylic acids is 3. The van der Waals surface area contributed by atoms with E-state index in [1.165, 1.54) is 23.0 Å². The maximum Gasteiger partial charge on any atom is 0.308 e. The molecule has 12 heteroatoms. The van der Waals surface area contributed by atoms with Crippen LogP contribution in [0, 0.1) is 11.3 Å². The highest BCUT2D eigenvalue weighted by Gasteiger charge is 2.44. The molecule has 2 amide bonds. The van der Waals surface area contributed by atoms with Crippen molar-refractivity contribution in [3.8, 4) is 0 Å². The van der Waals surface area contributed by atoms with E-state index in [4.69, 9.17) is 39.5 Å². The molecule has 1 N–H and O–H groups in total. The Morgan fingerprint density at radius 2 is 1.80 bits per heavy atom. The highest BCUT2D eigenvalue weighted by Crippen LogP contribution is 2.40. The molecule has 0 spiro atoms. The van der Waals surface area contributed by atoms with E-state index in [-0.39, 0.29) is 39.9 Å². The lowest BCUT2D eigenvalue weighted by Crippen LogP contribution is -2.46. The van der Waals surface area contributed by atoms with Crippen LogP contribution in [-0.2, 0) is 25.5 Å². The predicted molar refractivity (Wildman–Crippen MR) is 173 cm³/mol. The quantitative estimate of drug-likeness (QED) is 0.153. The average Bonchev–Trinajstić information content (AvgIpc) is 3.63. The van der Waals surface area contributed by atoms with Gasteiger partial charge in [0.2, 0.25) is 5.91 Å². The van der Waals surface area contributed by atoms with Gasteiger partial charge in [-0.25, -0.2) is 0 Å². The molecule has 0 bridgehead atoms. The summed E-state index contributed by atoms with van der Waals surface area (Å²) in [6.45, 7) is 6.06. The lowest BCUT2D eigenvalue weighted by molar-refractivity contribution is -0.150. The number of carbonyl (C=O) groups is 3. The van der Waals surface area contributed by atoms with E-state index < -0.39 is 23.3 Å². The Morgan fingerprint density at radius 3 is 2.41 bits per heavy atom. The number of halogens is 3. The number of ether oxygens (including phenoxy) is 1. The summed E-state index contributed by atoms with van der Waals surface area (Å²) in [5.41, 5.74) is 0.245. The van der Waals surface area contributed by atoms with Crippen LogP contribution in [0.5, 0.6) is 0 Å². The van der Waals surface area contributed by atoms with Crippen LogP contribution in [0.15, 0.2) is 66.0 Å². The van der Waals surface area contributed by atoms with E-state index in [2.05, 4.69) is 15.5 Å². The molecule has 9 nitrogen and oxygen atoms in total. The van der Waals surface area contributed by atoms with Crippen LogP contribution in [0.2, 0.25) is 15.1 Å². The van der Waals surface area contributed by atoms with Gasteiger partial charge in [0.05, 0.1) is 22.6 Å². The van der Waals surface area contributed by atoms with Gasteiger partial charge in [0.15, 0.2) is 11.9 Å². The van der Waals surface area contributed by atoms with Crippen molar-refractivity contribution in [1.29, 1.82) is 0 Å². The fourth-order valence-electron chi connectivity index (χ4n) is 5.04. The number of anilines is 1. The number of aryl methyl sites for hydroxylation is 1. The van der Waals surface area contributed by atoms with Gasteiger partial charge >= 0.3 is 5.97 Å². The SMILES string of the molecule is CCCCOC(=O)C(CCc1ccccc1)CC(C)(CC)C(=O)NC1=NN(c2c(Cl)cc(Cl)cc2Cl)C(=O)C1n1cccn1. The molecule has 0 fully saturated rings. The summed E-state index contributed by atoms with van der Waals surface area (Å²) in [7, 11) is 0. The van der Waals surface area contributed by atoms with Crippen LogP contribution < -0.4 is 10.3 Å². The van der Waals surface area contributed by atoms with E-state index in [1.807, 2.05) is 51.1 Å². The highest BCUT2D eigenvalue weighted by molar-refractivity contribution is 6.42. The standard InChI is InChI=1S/C32H36Cl3N5O4/c1-4-6-17-44-30(42)22(14-13-21-11-8-7-9-12-21)20-32(3,5-2)31(43)37-28-27(39-16-10-15-36-39)29(41)40(38-28)26-24(34)18-23(33)19-25(26)35/h7-12,15-16,18-19,22,27H,4-6,13-14,17,20H2,1-3H3,(H,37,38,43). The summed E-state index contributed by atoms with van der Waals surface area (Å²) in [5, 5.41) is 13.2. The minimum Gasteiger partial charge on any atom is -0.465 e. The number of nitrogens with zero attached hydrogens (tertiary/aromatic N) is 4. The largest absolute Gasteiger partial charge is 0.465 e. The molecule has 3 unspecified atom stereocenters. The number of hydrogen-bond acceptors (Lipinski definition) is 6. The second kappa shape index (κ2) is 15.1. The summed E-state index contributed by atoms with van der Waals surface area (Å²) in [5.74, 6) is -1.68. The first-order chi connectivity index (χ1) is 21.1. The number of rotatable bonds is 13. The third-order valence-electron chi connectivity index (χ3n) is 7.86. The van der Waals surface area contributed by atoms with E-state index in [0.29, 0.717) is 30.9 Å². The third-order valence-corrected chi connectivity index (χ3v) is 8.65. The Bertz CT molecular complexity index is 1480. The molecular formula is C32H36Cl3N5O4. The zero-order chi connectivity index (χ0) is 31.9. The second-order valence-corrected chi connectivity index (χ2v) is 12.3. The van der Waals surface area contributed by atoms with Crippen molar-refractivity contribution in [2.45, 2.75) is 65.3 Å².